The fourth-order valence-electron chi connectivity index (χ4n) is 4.79. The van der Waals surface area contributed by atoms with Gasteiger partial charge in [-0.15, -0.1) is 0 Å². The molecule has 31 heavy (non-hydrogen) atoms. The molecule has 0 heterocycles. The Bertz CT molecular complexity index is 1070. The molecular formula is C29H34N2. The summed E-state index contributed by atoms with van der Waals surface area (Å²) in [5.74, 6) is 6.92. The van der Waals surface area contributed by atoms with Gasteiger partial charge in [0.1, 0.15) is 0 Å². The quantitative estimate of drug-likeness (QED) is 0.495. The van der Waals surface area contributed by atoms with Crippen LogP contribution in [0.2, 0.25) is 0 Å². The van der Waals surface area contributed by atoms with E-state index in [1.807, 2.05) is 13.8 Å². The fourth-order valence-corrected chi connectivity index (χ4v) is 4.79. The first-order chi connectivity index (χ1) is 14.9. The average molecular weight is 411 g/mol. The summed E-state index contributed by atoms with van der Waals surface area (Å²) < 4.78 is 0. The summed E-state index contributed by atoms with van der Waals surface area (Å²) in [5, 5.41) is 6.61. The molecule has 2 nitrogen and oxygen atoms in total. The second-order valence-electron chi connectivity index (χ2n) is 9.61. The molecular weight excluding hydrogens is 376 g/mol. The highest BCUT2D eigenvalue weighted by molar-refractivity contribution is 5.86. The number of nitrogens with two attached hydrogens (primary N) is 1. The Morgan fingerprint density at radius 3 is 2.48 bits per heavy atom. The molecule has 4 rings (SSSR count). The third kappa shape index (κ3) is 5.56. The summed E-state index contributed by atoms with van der Waals surface area (Å²) in [7, 11) is 0. The predicted octanol–water partition coefficient (Wildman–Crippen LogP) is 6.31. The summed E-state index contributed by atoms with van der Waals surface area (Å²) in [6.07, 6.45) is 4.98. The summed E-state index contributed by atoms with van der Waals surface area (Å²) >= 11 is 0. The van der Waals surface area contributed by atoms with Gasteiger partial charge in [-0.3, -0.25) is 0 Å². The highest BCUT2D eigenvalue weighted by Gasteiger charge is 2.24. The van der Waals surface area contributed by atoms with Crippen molar-refractivity contribution in [1.82, 2.24) is 5.32 Å². The summed E-state index contributed by atoms with van der Waals surface area (Å²) in [6.45, 7) is 6.17. The molecule has 3 atom stereocenters. The Hall–Kier alpha value is -2.60. The van der Waals surface area contributed by atoms with Crippen molar-refractivity contribution in [2.45, 2.75) is 70.0 Å². The molecule has 3 aromatic carbocycles. The number of nitrogens with one attached hydrogen (secondary N) is 1. The molecule has 0 aromatic heterocycles. The van der Waals surface area contributed by atoms with Crippen LogP contribution in [0.1, 0.15) is 75.1 Å². The van der Waals surface area contributed by atoms with E-state index in [0.29, 0.717) is 18.0 Å². The lowest BCUT2D eigenvalue weighted by Crippen LogP contribution is -2.35. The third-order valence-corrected chi connectivity index (χ3v) is 6.36. The SMILES string of the molecule is C[C@@H](NC1CCCC(c2ccc(C#CC(C)(C)N)cc2)C1)c1cccc2ccccc12. The maximum Gasteiger partial charge on any atom is 0.0722 e. The van der Waals surface area contributed by atoms with E-state index < -0.39 is 5.54 Å². The second kappa shape index (κ2) is 9.27. The number of hydrogen-bond acceptors (Lipinski definition) is 2. The molecule has 0 bridgehead atoms. The lowest BCUT2D eigenvalue weighted by molar-refractivity contribution is 0.319. The molecule has 0 radical (unpaired) electrons. The Labute approximate surface area is 187 Å². The lowest BCUT2D eigenvalue weighted by atomic mass is 9.81. The van der Waals surface area contributed by atoms with Crippen LogP contribution in [-0.2, 0) is 0 Å². The van der Waals surface area contributed by atoms with Gasteiger partial charge < -0.3 is 11.1 Å². The summed E-state index contributed by atoms with van der Waals surface area (Å²) in [4.78, 5) is 0. The van der Waals surface area contributed by atoms with Gasteiger partial charge in [-0.2, -0.15) is 0 Å². The van der Waals surface area contributed by atoms with E-state index in [0.717, 1.165) is 5.56 Å². The first kappa shape index (κ1) is 21.6. The van der Waals surface area contributed by atoms with E-state index in [4.69, 9.17) is 5.73 Å². The van der Waals surface area contributed by atoms with Crippen molar-refractivity contribution < 1.29 is 0 Å². The Morgan fingerprint density at radius 1 is 0.968 bits per heavy atom. The zero-order valence-electron chi connectivity index (χ0n) is 19.0. The molecule has 1 fully saturated rings. The third-order valence-electron chi connectivity index (χ3n) is 6.36. The van der Waals surface area contributed by atoms with Crippen molar-refractivity contribution in [2.75, 3.05) is 0 Å². The molecule has 1 aliphatic rings. The molecule has 160 valence electrons. The lowest BCUT2D eigenvalue weighted by Gasteiger charge is -2.32. The summed E-state index contributed by atoms with van der Waals surface area (Å²) in [5.41, 5.74) is 9.39. The van der Waals surface area contributed by atoms with Crippen LogP contribution in [0.15, 0.2) is 66.7 Å². The van der Waals surface area contributed by atoms with Gasteiger partial charge in [-0.05, 0) is 80.0 Å². The molecule has 2 unspecified atom stereocenters. The smallest absolute Gasteiger partial charge is 0.0722 e. The Morgan fingerprint density at radius 2 is 1.71 bits per heavy atom. The van der Waals surface area contributed by atoms with Gasteiger partial charge >= 0.3 is 0 Å². The van der Waals surface area contributed by atoms with E-state index in [1.54, 1.807) is 0 Å². The Balaban J connectivity index is 1.43. The minimum Gasteiger partial charge on any atom is -0.316 e. The van der Waals surface area contributed by atoms with Crippen LogP contribution in [0.3, 0.4) is 0 Å². The van der Waals surface area contributed by atoms with E-state index in [1.165, 1.54) is 47.6 Å². The molecule has 0 saturated heterocycles. The number of rotatable bonds is 4. The molecule has 3 N–H and O–H groups in total. The highest BCUT2D eigenvalue weighted by atomic mass is 14.9. The van der Waals surface area contributed by atoms with Crippen LogP contribution in [0, 0.1) is 11.8 Å². The van der Waals surface area contributed by atoms with Crippen LogP contribution in [-0.4, -0.2) is 11.6 Å². The van der Waals surface area contributed by atoms with Crippen molar-refractivity contribution >= 4 is 10.8 Å². The van der Waals surface area contributed by atoms with Crippen LogP contribution in [0.4, 0.5) is 0 Å². The maximum atomic E-state index is 5.98. The largest absolute Gasteiger partial charge is 0.316 e. The fraction of sp³-hybridized carbons (Fsp3) is 0.379. The van der Waals surface area contributed by atoms with Crippen LogP contribution < -0.4 is 11.1 Å². The van der Waals surface area contributed by atoms with Crippen LogP contribution >= 0.6 is 0 Å². The Kier molecular flexibility index (Phi) is 6.46. The van der Waals surface area contributed by atoms with Crippen LogP contribution in [0.5, 0.6) is 0 Å². The van der Waals surface area contributed by atoms with Crippen molar-refractivity contribution in [3.8, 4) is 11.8 Å². The van der Waals surface area contributed by atoms with Gasteiger partial charge in [0.15, 0.2) is 0 Å². The normalized spacial score (nSPS) is 20.1. The van der Waals surface area contributed by atoms with Gasteiger partial charge in [-0.25, -0.2) is 0 Å². The van der Waals surface area contributed by atoms with Gasteiger partial charge in [0, 0.05) is 17.6 Å². The van der Waals surface area contributed by atoms with Gasteiger partial charge in [0.2, 0.25) is 0 Å². The zero-order valence-corrected chi connectivity index (χ0v) is 19.0. The van der Waals surface area contributed by atoms with E-state index in [-0.39, 0.29) is 0 Å². The minimum absolute atomic E-state index is 0.340. The highest BCUT2D eigenvalue weighted by Crippen LogP contribution is 2.34. The molecule has 0 amide bonds. The number of hydrogen-bond donors (Lipinski definition) is 2. The molecule has 1 aliphatic carbocycles. The first-order valence-corrected chi connectivity index (χ1v) is 11.5. The first-order valence-electron chi connectivity index (χ1n) is 11.5. The molecule has 0 aliphatic heterocycles. The topological polar surface area (TPSA) is 38.0 Å². The van der Waals surface area contributed by atoms with E-state index >= 15 is 0 Å². The van der Waals surface area contributed by atoms with Gasteiger partial charge in [0.05, 0.1) is 5.54 Å². The van der Waals surface area contributed by atoms with Crippen molar-refractivity contribution in [3.63, 3.8) is 0 Å². The van der Waals surface area contributed by atoms with Gasteiger partial charge in [-0.1, -0.05) is 72.9 Å². The van der Waals surface area contributed by atoms with Crippen LogP contribution in [0.25, 0.3) is 10.8 Å². The van der Waals surface area contributed by atoms with Crippen molar-refractivity contribution in [2.24, 2.45) is 5.73 Å². The molecule has 1 saturated carbocycles. The van der Waals surface area contributed by atoms with Crippen molar-refractivity contribution in [3.05, 3.63) is 83.4 Å². The summed E-state index contributed by atoms with van der Waals surface area (Å²) in [6, 6.07) is 25.0. The minimum atomic E-state index is -0.457. The monoisotopic (exact) mass is 410 g/mol. The molecule has 2 heteroatoms. The zero-order chi connectivity index (χ0) is 21.8. The number of benzene rings is 3. The average Bonchev–Trinajstić information content (AvgIpc) is 2.77. The second-order valence-corrected chi connectivity index (χ2v) is 9.61. The standard InChI is InChI=1S/C29H34N2/c1-21(27-13-7-9-24-8-4-5-12-28(24)27)31-26-11-6-10-25(20-26)23-16-14-22(15-17-23)18-19-29(2,3)30/h4-5,7-9,12-17,21,25-26,31H,6,10-11,20,30H2,1-3H3/t21-,25?,26?/m1/s1. The van der Waals surface area contributed by atoms with Gasteiger partial charge in [0.25, 0.3) is 0 Å². The predicted molar refractivity (Wildman–Crippen MR) is 132 cm³/mol. The van der Waals surface area contributed by atoms with E-state index in [2.05, 4.69) is 90.8 Å². The van der Waals surface area contributed by atoms with E-state index in [9.17, 15) is 0 Å². The molecule has 3 aromatic rings. The number of fused-ring (bicyclic) bond motifs is 1. The van der Waals surface area contributed by atoms with Crippen molar-refractivity contribution in [1.29, 1.82) is 0 Å². The maximum absolute atomic E-state index is 5.98. The molecule has 0 spiro atoms.